The Kier molecular flexibility index (Phi) is 4.95. The molecule has 5 nitrogen and oxygen atoms in total. The molecule has 1 aromatic carbocycles. The highest BCUT2D eigenvalue weighted by Gasteiger charge is 2.11. The van der Waals surface area contributed by atoms with Gasteiger partial charge in [-0.05, 0) is 25.3 Å². The molecule has 0 aliphatic rings. The first-order valence-electron chi connectivity index (χ1n) is 6.24. The number of hydrogen-bond donors (Lipinski definition) is 2. The molecule has 0 aromatic heterocycles. The maximum Gasteiger partial charge on any atom is 0.271 e. The fourth-order valence-electron chi connectivity index (χ4n) is 1.89. The van der Waals surface area contributed by atoms with Crippen molar-refractivity contribution in [2.75, 3.05) is 11.1 Å². The lowest BCUT2D eigenvalue weighted by Crippen LogP contribution is -2.19. The molecule has 0 radical (unpaired) electrons. The van der Waals surface area contributed by atoms with Crippen LogP contribution in [0, 0.1) is 16.0 Å². The highest BCUT2D eigenvalue weighted by atomic mass is 16.6. The van der Waals surface area contributed by atoms with Crippen LogP contribution < -0.4 is 11.1 Å². The number of anilines is 2. The van der Waals surface area contributed by atoms with Crippen LogP contribution in [0.4, 0.5) is 17.1 Å². The van der Waals surface area contributed by atoms with Crippen molar-refractivity contribution >= 4 is 17.1 Å². The second-order valence-corrected chi connectivity index (χ2v) is 4.82. The minimum absolute atomic E-state index is 0.0210. The number of rotatable bonds is 6. The standard InChI is InChI=1S/C13H21N3O2/c1-4-9(2)7-10(3)15-13-6-5-11(16(17)18)8-12(13)14/h5-6,8-10,15H,4,7,14H2,1-3H3. The Labute approximate surface area is 108 Å². The lowest BCUT2D eigenvalue weighted by atomic mass is 10.00. The first kappa shape index (κ1) is 14.3. The Bertz CT molecular complexity index is 421. The van der Waals surface area contributed by atoms with E-state index in [1.807, 2.05) is 0 Å². The van der Waals surface area contributed by atoms with Crippen molar-refractivity contribution in [2.45, 2.75) is 39.7 Å². The Balaban J connectivity index is 2.70. The molecule has 0 fully saturated rings. The first-order valence-corrected chi connectivity index (χ1v) is 6.24. The zero-order valence-corrected chi connectivity index (χ0v) is 11.1. The smallest absolute Gasteiger partial charge is 0.271 e. The maximum absolute atomic E-state index is 10.6. The van der Waals surface area contributed by atoms with Crippen LogP contribution in [0.25, 0.3) is 0 Å². The molecule has 3 N–H and O–H groups in total. The Morgan fingerprint density at radius 2 is 2.11 bits per heavy atom. The van der Waals surface area contributed by atoms with Gasteiger partial charge in [0.15, 0.2) is 0 Å². The Morgan fingerprint density at radius 1 is 1.44 bits per heavy atom. The largest absolute Gasteiger partial charge is 0.397 e. The fraction of sp³-hybridized carbons (Fsp3) is 0.538. The topological polar surface area (TPSA) is 81.2 Å². The molecule has 1 rings (SSSR count). The molecule has 2 unspecified atom stereocenters. The van der Waals surface area contributed by atoms with Gasteiger partial charge in [-0.15, -0.1) is 0 Å². The van der Waals surface area contributed by atoms with Gasteiger partial charge in [-0.25, -0.2) is 0 Å². The molecule has 0 aliphatic carbocycles. The third-order valence-electron chi connectivity index (χ3n) is 3.10. The number of nitrogens with one attached hydrogen (secondary N) is 1. The SMILES string of the molecule is CCC(C)CC(C)Nc1ccc([N+](=O)[O-])cc1N. The molecule has 2 atom stereocenters. The maximum atomic E-state index is 10.6. The van der Waals surface area contributed by atoms with Gasteiger partial charge in [0.05, 0.1) is 16.3 Å². The van der Waals surface area contributed by atoms with Crippen LogP contribution in [0.15, 0.2) is 18.2 Å². The Morgan fingerprint density at radius 3 is 2.61 bits per heavy atom. The molecular formula is C13H21N3O2. The number of nitro groups is 1. The summed E-state index contributed by atoms with van der Waals surface area (Å²) in [5.41, 5.74) is 7.00. The summed E-state index contributed by atoms with van der Waals surface area (Å²) in [6, 6.07) is 4.82. The third-order valence-corrected chi connectivity index (χ3v) is 3.10. The van der Waals surface area contributed by atoms with E-state index in [1.165, 1.54) is 12.1 Å². The summed E-state index contributed by atoms with van der Waals surface area (Å²) in [6.07, 6.45) is 2.19. The van der Waals surface area contributed by atoms with Crippen molar-refractivity contribution in [3.05, 3.63) is 28.3 Å². The molecule has 100 valence electrons. The van der Waals surface area contributed by atoms with Gasteiger partial charge >= 0.3 is 0 Å². The van der Waals surface area contributed by atoms with Gasteiger partial charge in [0.2, 0.25) is 0 Å². The monoisotopic (exact) mass is 251 g/mol. The lowest BCUT2D eigenvalue weighted by molar-refractivity contribution is -0.384. The van der Waals surface area contributed by atoms with Gasteiger partial charge in [-0.3, -0.25) is 10.1 Å². The van der Waals surface area contributed by atoms with E-state index in [0.29, 0.717) is 17.6 Å². The molecular weight excluding hydrogens is 230 g/mol. The van der Waals surface area contributed by atoms with Crippen LogP contribution in [0.2, 0.25) is 0 Å². The predicted molar refractivity (Wildman–Crippen MR) is 74.7 cm³/mol. The van der Waals surface area contributed by atoms with Crippen molar-refractivity contribution < 1.29 is 4.92 Å². The van der Waals surface area contributed by atoms with Gasteiger partial charge < -0.3 is 11.1 Å². The number of nitro benzene ring substituents is 1. The highest BCUT2D eigenvalue weighted by Crippen LogP contribution is 2.25. The molecule has 0 aliphatic heterocycles. The second-order valence-electron chi connectivity index (χ2n) is 4.82. The number of non-ortho nitro benzene ring substituents is 1. The lowest BCUT2D eigenvalue weighted by Gasteiger charge is -2.19. The summed E-state index contributed by atoms with van der Waals surface area (Å²) in [7, 11) is 0. The van der Waals surface area contributed by atoms with Gasteiger partial charge in [0, 0.05) is 18.2 Å². The molecule has 1 aromatic rings. The molecule has 0 bridgehead atoms. The zero-order valence-electron chi connectivity index (χ0n) is 11.1. The van der Waals surface area contributed by atoms with Crippen molar-refractivity contribution in [3.8, 4) is 0 Å². The van der Waals surface area contributed by atoms with E-state index in [2.05, 4.69) is 26.1 Å². The minimum atomic E-state index is -0.442. The fourth-order valence-corrected chi connectivity index (χ4v) is 1.89. The van der Waals surface area contributed by atoms with E-state index in [-0.39, 0.29) is 5.69 Å². The average molecular weight is 251 g/mol. The molecule has 0 saturated carbocycles. The summed E-state index contributed by atoms with van der Waals surface area (Å²) >= 11 is 0. The molecule has 0 amide bonds. The van der Waals surface area contributed by atoms with Crippen LogP contribution >= 0.6 is 0 Å². The van der Waals surface area contributed by atoms with Crippen LogP contribution in [0.5, 0.6) is 0 Å². The third kappa shape index (κ3) is 3.91. The second kappa shape index (κ2) is 6.23. The van der Waals surface area contributed by atoms with E-state index < -0.39 is 4.92 Å². The predicted octanol–water partition coefficient (Wildman–Crippen LogP) is 3.41. The summed E-state index contributed by atoms with van der Waals surface area (Å²) in [5, 5.41) is 13.9. The van der Waals surface area contributed by atoms with Crippen molar-refractivity contribution in [2.24, 2.45) is 5.92 Å². The van der Waals surface area contributed by atoms with Crippen LogP contribution in [0.3, 0.4) is 0 Å². The quantitative estimate of drug-likeness (QED) is 0.461. The van der Waals surface area contributed by atoms with Crippen LogP contribution in [-0.2, 0) is 0 Å². The number of hydrogen-bond acceptors (Lipinski definition) is 4. The number of nitrogens with two attached hydrogens (primary N) is 1. The summed E-state index contributed by atoms with van der Waals surface area (Å²) in [5.74, 6) is 0.645. The van der Waals surface area contributed by atoms with Gasteiger partial charge in [0.1, 0.15) is 0 Å². The first-order chi connectivity index (χ1) is 8.43. The molecule has 5 heteroatoms. The van der Waals surface area contributed by atoms with Crippen molar-refractivity contribution in [1.82, 2.24) is 0 Å². The molecule has 0 spiro atoms. The Hall–Kier alpha value is -1.78. The van der Waals surface area contributed by atoms with E-state index >= 15 is 0 Å². The summed E-state index contributed by atoms with van der Waals surface area (Å²) in [4.78, 5) is 10.2. The number of nitrogen functional groups attached to an aromatic ring is 1. The molecule has 18 heavy (non-hydrogen) atoms. The normalized spacial score (nSPS) is 13.9. The van der Waals surface area contributed by atoms with E-state index in [4.69, 9.17) is 5.73 Å². The van der Waals surface area contributed by atoms with Crippen molar-refractivity contribution in [1.29, 1.82) is 0 Å². The zero-order chi connectivity index (χ0) is 13.7. The van der Waals surface area contributed by atoms with Gasteiger partial charge in [0.25, 0.3) is 5.69 Å². The molecule has 0 saturated heterocycles. The minimum Gasteiger partial charge on any atom is -0.397 e. The molecule has 0 heterocycles. The summed E-state index contributed by atoms with van der Waals surface area (Å²) in [6.45, 7) is 6.46. The average Bonchev–Trinajstić information content (AvgIpc) is 2.31. The number of benzene rings is 1. The van der Waals surface area contributed by atoms with Crippen LogP contribution in [0.1, 0.15) is 33.6 Å². The van der Waals surface area contributed by atoms with E-state index in [1.54, 1.807) is 6.07 Å². The summed E-state index contributed by atoms with van der Waals surface area (Å²) < 4.78 is 0. The van der Waals surface area contributed by atoms with E-state index in [0.717, 1.165) is 18.5 Å². The van der Waals surface area contributed by atoms with Gasteiger partial charge in [-0.2, -0.15) is 0 Å². The van der Waals surface area contributed by atoms with Crippen LogP contribution in [-0.4, -0.2) is 11.0 Å². The number of nitrogens with zero attached hydrogens (tertiary/aromatic N) is 1. The van der Waals surface area contributed by atoms with Gasteiger partial charge in [-0.1, -0.05) is 20.3 Å². The van der Waals surface area contributed by atoms with E-state index in [9.17, 15) is 10.1 Å². The van der Waals surface area contributed by atoms with Crippen molar-refractivity contribution in [3.63, 3.8) is 0 Å². The highest BCUT2D eigenvalue weighted by molar-refractivity contribution is 5.69.